The van der Waals surface area contributed by atoms with Crippen molar-refractivity contribution in [3.8, 4) is 11.3 Å². The predicted molar refractivity (Wildman–Crippen MR) is 111 cm³/mol. The van der Waals surface area contributed by atoms with Gasteiger partial charge in [-0.25, -0.2) is 0 Å². The Kier molecular flexibility index (Phi) is 6.20. The second kappa shape index (κ2) is 9.37. The quantitative estimate of drug-likeness (QED) is 0.315. The topological polar surface area (TPSA) is 123 Å². The monoisotopic (exact) mass is 441 g/mol. The highest BCUT2D eigenvalue weighted by Gasteiger charge is 2.16. The van der Waals surface area contributed by atoms with Gasteiger partial charge in [0.25, 0.3) is 5.91 Å². The summed E-state index contributed by atoms with van der Waals surface area (Å²) < 4.78 is 10.9. The lowest BCUT2D eigenvalue weighted by Crippen LogP contribution is -2.24. The number of benzene rings is 1. The van der Waals surface area contributed by atoms with E-state index in [0.29, 0.717) is 27.5 Å². The fraction of sp³-hybridized carbons (Fsp3) is 0.105. The molecule has 4 rings (SSSR count). The molecule has 3 heterocycles. The Balaban J connectivity index is 1.27. The van der Waals surface area contributed by atoms with Gasteiger partial charge in [0.1, 0.15) is 5.76 Å². The van der Waals surface area contributed by atoms with E-state index in [0.717, 1.165) is 5.56 Å². The summed E-state index contributed by atoms with van der Waals surface area (Å²) in [5.74, 6) is 0.734. The summed E-state index contributed by atoms with van der Waals surface area (Å²) in [5.41, 5.74) is 0.958. The minimum atomic E-state index is -0.454. The van der Waals surface area contributed by atoms with Gasteiger partial charge in [-0.2, -0.15) is 0 Å². The van der Waals surface area contributed by atoms with Crippen LogP contribution in [0.4, 0.5) is 5.13 Å². The molecule has 0 saturated heterocycles. The van der Waals surface area contributed by atoms with E-state index < -0.39 is 5.91 Å². The Bertz CT molecular complexity index is 1120. The van der Waals surface area contributed by atoms with Gasteiger partial charge in [0.05, 0.1) is 18.6 Å². The molecule has 0 aliphatic carbocycles. The van der Waals surface area contributed by atoms with Gasteiger partial charge in [-0.15, -0.1) is 10.2 Å². The second-order valence-electron chi connectivity index (χ2n) is 5.91. The van der Waals surface area contributed by atoms with Crippen LogP contribution in [0.3, 0.4) is 0 Å². The Morgan fingerprint density at radius 3 is 2.77 bits per heavy atom. The number of anilines is 1. The highest BCUT2D eigenvalue weighted by Crippen LogP contribution is 2.26. The maximum atomic E-state index is 12.4. The largest absolute Gasteiger partial charge is 0.467 e. The van der Waals surface area contributed by atoms with Crippen LogP contribution in [-0.4, -0.2) is 32.9 Å². The van der Waals surface area contributed by atoms with Crippen LogP contribution in [-0.2, 0) is 11.3 Å². The van der Waals surface area contributed by atoms with E-state index in [1.54, 1.807) is 24.5 Å². The molecule has 0 unspecified atom stereocenters. The van der Waals surface area contributed by atoms with E-state index >= 15 is 0 Å². The van der Waals surface area contributed by atoms with Gasteiger partial charge >= 0.3 is 0 Å². The Morgan fingerprint density at radius 2 is 1.97 bits per heavy atom. The molecule has 0 saturated carbocycles. The Hall–Kier alpha value is -3.44. The van der Waals surface area contributed by atoms with Gasteiger partial charge in [0, 0.05) is 11.6 Å². The van der Waals surface area contributed by atoms with Crippen LogP contribution in [0.1, 0.15) is 16.2 Å². The van der Waals surface area contributed by atoms with Crippen LogP contribution in [0, 0.1) is 0 Å². The van der Waals surface area contributed by atoms with Crippen molar-refractivity contribution in [3.05, 3.63) is 66.2 Å². The zero-order valence-electron chi connectivity index (χ0n) is 15.4. The highest BCUT2D eigenvalue weighted by molar-refractivity contribution is 8.01. The zero-order valence-corrected chi connectivity index (χ0v) is 17.0. The van der Waals surface area contributed by atoms with Crippen molar-refractivity contribution in [2.24, 2.45) is 0 Å². The first-order chi connectivity index (χ1) is 14.7. The summed E-state index contributed by atoms with van der Waals surface area (Å²) in [5, 5.41) is 17.4. The van der Waals surface area contributed by atoms with Crippen LogP contribution in [0.25, 0.3) is 11.3 Å². The van der Waals surface area contributed by atoms with Crippen LogP contribution in [0.2, 0.25) is 0 Å². The van der Waals surface area contributed by atoms with Crippen molar-refractivity contribution in [1.29, 1.82) is 0 Å². The van der Waals surface area contributed by atoms with E-state index in [9.17, 15) is 9.59 Å². The average Bonchev–Trinajstić information content (AvgIpc) is 3.53. The molecule has 1 aromatic carbocycles. The van der Waals surface area contributed by atoms with Gasteiger partial charge in [0.15, 0.2) is 15.8 Å². The van der Waals surface area contributed by atoms with Gasteiger partial charge in [-0.1, -0.05) is 58.6 Å². The molecule has 2 amide bonds. The van der Waals surface area contributed by atoms with Crippen LogP contribution < -0.4 is 10.6 Å². The van der Waals surface area contributed by atoms with Gasteiger partial charge in [-0.05, 0) is 12.1 Å². The van der Waals surface area contributed by atoms with Crippen molar-refractivity contribution in [1.82, 2.24) is 20.7 Å². The molecule has 11 heteroatoms. The number of rotatable bonds is 8. The van der Waals surface area contributed by atoms with Gasteiger partial charge in [-0.3, -0.25) is 14.9 Å². The number of furan rings is 1. The second-order valence-corrected chi connectivity index (χ2v) is 8.11. The van der Waals surface area contributed by atoms with Gasteiger partial charge < -0.3 is 14.3 Å². The number of aromatic nitrogens is 3. The molecule has 30 heavy (non-hydrogen) atoms. The molecule has 0 aliphatic rings. The lowest BCUT2D eigenvalue weighted by atomic mass is 10.1. The van der Waals surface area contributed by atoms with E-state index in [2.05, 4.69) is 26.0 Å². The van der Waals surface area contributed by atoms with Crippen molar-refractivity contribution in [2.75, 3.05) is 11.1 Å². The number of carbonyl (C=O) groups is 2. The molecule has 3 aromatic heterocycles. The van der Waals surface area contributed by atoms with Crippen LogP contribution in [0.5, 0.6) is 0 Å². The van der Waals surface area contributed by atoms with E-state index in [1.165, 1.54) is 23.1 Å². The Morgan fingerprint density at radius 1 is 1.10 bits per heavy atom. The fourth-order valence-electron chi connectivity index (χ4n) is 2.38. The third-order valence-corrected chi connectivity index (χ3v) is 5.77. The smallest absolute Gasteiger partial charge is 0.279 e. The van der Waals surface area contributed by atoms with Crippen molar-refractivity contribution in [2.45, 2.75) is 10.9 Å². The number of hydrogen-bond acceptors (Lipinski definition) is 9. The lowest BCUT2D eigenvalue weighted by Gasteiger charge is -2.01. The molecule has 9 nitrogen and oxygen atoms in total. The number of carbonyl (C=O) groups excluding carboxylic acids is 2. The van der Waals surface area contributed by atoms with Gasteiger partial charge in [0.2, 0.25) is 11.0 Å². The van der Waals surface area contributed by atoms with Crippen LogP contribution in [0.15, 0.2) is 68.1 Å². The normalized spacial score (nSPS) is 10.7. The number of nitrogens with one attached hydrogen (secondary N) is 2. The number of thioether (sulfide) groups is 1. The first-order valence-corrected chi connectivity index (χ1v) is 10.6. The Labute approximate surface area is 178 Å². The predicted octanol–water partition coefficient (Wildman–Crippen LogP) is 3.45. The summed E-state index contributed by atoms with van der Waals surface area (Å²) in [6, 6.07) is 14.5. The maximum Gasteiger partial charge on any atom is 0.279 e. The summed E-state index contributed by atoms with van der Waals surface area (Å²) in [6.07, 6.45) is 1.55. The molecular weight excluding hydrogens is 426 g/mol. The molecule has 4 aromatic rings. The van der Waals surface area contributed by atoms with Crippen molar-refractivity contribution >= 4 is 40.0 Å². The zero-order chi connectivity index (χ0) is 20.8. The molecule has 0 radical (unpaired) electrons. The van der Waals surface area contributed by atoms with E-state index in [-0.39, 0.29) is 17.4 Å². The lowest BCUT2D eigenvalue weighted by molar-refractivity contribution is -0.118. The first-order valence-electron chi connectivity index (χ1n) is 8.76. The molecule has 0 bridgehead atoms. The maximum absolute atomic E-state index is 12.4. The van der Waals surface area contributed by atoms with Crippen molar-refractivity contribution in [3.63, 3.8) is 0 Å². The third kappa shape index (κ3) is 5.13. The number of nitrogens with zero attached hydrogens (tertiary/aromatic N) is 3. The molecule has 152 valence electrons. The summed E-state index contributed by atoms with van der Waals surface area (Å²) in [7, 11) is 0. The summed E-state index contributed by atoms with van der Waals surface area (Å²) in [6.45, 7) is 0.326. The molecule has 2 N–H and O–H groups in total. The van der Waals surface area contributed by atoms with Crippen LogP contribution >= 0.6 is 23.1 Å². The average molecular weight is 441 g/mol. The first kappa shape index (κ1) is 19.9. The third-order valence-electron chi connectivity index (χ3n) is 3.79. The number of amides is 2. The summed E-state index contributed by atoms with van der Waals surface area (Å²) in [4.78, 5) is 24.3. The molecule has 0 atom stereocenters. The fourth-order valence-corrected chi connectivity index (χ4v) is 3.95. The van der Waals surface area contributed by atoms with E-state index in [1.807, 2.05) is 30.3 Å². The standard InChI is InChI=1S/C19H15N5O4S2/c25-16(20-10-13-7-4-8-27-13)11-29-19-23-22-18(30-19)21-17(26)14-9-15(28-24-14)12-5-2-1-3-6-12/h1-9H,10-11H2,(H,20,25)(H,21,22,26). The molecular formula is C19H15N5O4S2. The summed E-state index contributed by atoms with van der Waals surface area (Å²) >= 11 is 2.40. The minimum Gasteiger partial charge on any atom is -0.467 e. The number of hydrogen-bond donors (Lipinski definition) is 2. The SMILES string of the molecule is O=C(CSc1nnc(NC(=O)c2cc(-c3ccccc3)on2)s1)NCc1ccco1. The molecule has 0 spiro atoms. The highest BCUT2D eigenvalue weighted by atomic mass is 32.2. The molecule has 0 aliphatic heterocycles. The van der Waals surface area contributed by atoms with Crippen molar-refractivity contribution < 1.29 is 18.5 Å². The molecule has 0 fully saturated rings. The van der Waals surface area contributed by atoms with E-state index in [4.69, 9.17) is 8.94 Å². The minimum absolute atomic E-state index is 0.135.